The molecule has 0 aromatic carbocycles. The smallest absolute Gasteiger partial charge is 0.311 e. The van der Waals surface area contributed by atoms with Crippen molar-refractivity contribution in [3.63, 3.8) is 0 Å². The number of quaternary nitrogens is 1. The van der Waals surface area contributed by atoms with E-state index in [-0.39, 0.29) is 19.3 Å². The van der Waals surface area contributed by atoms with Gasteiger partial charge in [-0.3, -0.25) is 14.5 Å². The van der Waals surface area contributed by atoms with Gasteiger partial charge in [0.2, 0.25) is 0 Å². The maximum Gasteiger partial charge on any atom is 0.338 e. The number of nitrogens with one attached hydrogen (secondary N) is 1. The monoisotopic (exact) mass is 308 g/mol. The molecule has 3 rings (SSSR count). The van der Waals surface area contributed by atoms with Crippen molar-refractivity contribution in [3.8, 4) is 0 Å². The Morgan fingerprint density at radius 3 is 2.67 bits per heavy atom. The molecule has 21 heavy (non-hydrogen) atoms. The number of imide groups is 2. The Morgan fingerprint density at radius 1 is 1.29 bits per heavy atom. The largest absolute Gasteiger partial charge is 0.338 e. The molecule has 1 aromatic heterocycles. The molecule has 2 atom stereocenters. The van der Waals surface area contributed by atoms with E-state index in [0.717, 1.165) is 27.7 Å². The van der Waals surface area contributed by atoms with Crippen LogP contribution in [0.5, 0.6) is 0 Å². The number of likely N-dealkylation sites (N-methyl/N-ethyl adjacent to an activating group) is 1. The van der Waals surface area contributed by atoms with Crippen molar-refractivity contribution in [1.29, 1.82) is 0 Å². The average Bonchev–Trinajstić information content (AvgIpc) is 3.02. The van der Waals surface area contributed by atoms with Gasteiger partial charge in [0.15, 0.2) is 6.67 Å². The van der Waals surface area contributed by atoms with Crippen molar-refractivity contribution in [3.05, 3.63) is 21.9 Å². The molecule has 2 aliphatic heterocycles. The van der Waals surface area contributed by atoms with Crippen LogP contribution in [0.1, 0.15) is 30.3 Å². The maximum absolute atomic E-state index is 12.1. The van der Waals surface area contributed by atoms with E-state index in [9.17, 15) is 14.4 Å². The van der Waals surface area contributed by atoms with Crippen molar-refractivity contribution < 1.29 is 19.3 Å². The van der Waals surface area contributed by atoms with Gasteiger partial charge in [-0.05, 0) is 25.3 Å². The van der Waals surface area contributed by atoms with Crippen LogP contribution in [0, 0.1) is 0 Å². The third-order valence-electron chi connectivity index (χ3n) is 4.34. The maximum atomic E-state index is 12.1. The van der Waals surface area contributed by atoms with Gasteiger partial charge in [0.25, 0.3) is 0 Å². The second-order valence-corrected chi connectivity index (χ2v) is 6.40. The lowest BCUT2D eigenvalue weighted by Gasteiger charge is -2.32. The molecule has 2 aliphatic rings. The van der Waals surface area contributed by atoms with Crippen LogP contribution < -0.4 is 4.90 Å². The molecule has 3 heterocycles. The zero-order valence-electron chi connectivity index (χ0n) is 12.1. The normalized spacial score (nSPS) is 25.7. The SMILES string of the molecule is CCN1C(=O)C(=O)N(C[NH+]2CCc3sccc3[C@H]2C)C1=O. The number of hydrogen-bond donors (Lipinski definition) is 1. The van der Waals surface area contributed by atoms with Crippen LogP contribution >= 0.6 is 11.3 Å². The topological polar surface area (TPSA) is 62.1 Å². The fourth-order valence-corrected chi connectivity index (χ4v) is 4.02. The lowest BCUT2D eigenvalue weighted by molar-refractivity contribution is -0.938. The van der Waals surface area contributed by atoms with E-state index in [2.05, 4.69) is 18.4 Å². The second-order valence-electron chi connectivity index (χ2n) is 5.40. The van der Waals surface area contributed by atoms with Crippen molar-refractivity contribution in [2.45, 2.75) is 26.3 Å². The molecule has 1 fully saturated rings. The molecule has 0 radical (unpaired) electrons. The summed E-state index contributed by atoms with van der Waals surface area (Å²) >= 11 is 1.76. The highest BCUT2D eigenvalue weighted by molar-refractivity contribution is 7.10. The number of hydrogen-bond acceptors (Lipinski definition) is 4. The highest BCUT2D eigenvalue weighted by atomic mass is 32.1. The first-order chi connectivity index (χ1) is 10.0. The number of amides is 4. The van der Waals surface area contributed by atoms with Gasteiger partial charge < -0.3 is 4.90 Å². The molecule has 0 spiro atoms. The molecule has 4 amide bonds. The van der Waals surface area contributed by atoms with Gasteiger partial charge in [0.1, 0.15) is 6.04 Å². The van der Waals surface area contributed by atoms with E-state index in [4.69, 9.17) is 0 Å². The minimum atomic E-state index is -0.706. The Bertz CT molecular complexity index is 612. The van der Waals surface area contributed by atoms with Crippen LogP contribution in [0.3, 0.4) is 0 Å². The summed E-state index contributed by atoms with van der Waals surface area (Å²) in [6, 6.07) is 1.86. The molecule has 1 aromatic rings. The van der Waals surface area contributed by atoms with Gasteiger partial charge >= 0.3 is 17.8 Å². The Morgan fingerprint density at radius 2 is 2.00 bits per heavy atom. The first-order valence-electron chi connectivity index (χ1n) is 7.12. The zero-order valence-corrected chi connectivity index (χ0v) is 12.9. The van der Waals surface area contributed by atoms with E-state index in [0.29, 0.717) is 0 Å². The first kappa shape index (κ1) is 14.2. The second kappa shape index (κ2) is 5.23. The Kier molecular flexibility index (Phi) is 3.54. The van der Waals surface area contributed by atoms with E-state index in [1.165, 1.54) is 10.4 Å². The van der Waals surface area contributed by atoms with E-state index in [1.807, 2.05) is 0 Å². The highest BCUT2D eigenvalue weighted by Gasteiger charge is 2.46. The number of rotatable bonds is 3. The molecule has 0 bridgehead atoms. The standard InChI is InChI=1S/C14H17N3O3S/c1-3-16-12(18)13(19)17(14(16)20)8-15-6-4-11-10(9(15)2)5-7-21-11/h5,7,9H,3-4,6,8H2,1-2H3/p+1/t9-/m1/s1. The molecule has 1 N–H and O–H groups in total. The van der Waals surface area contributed by atoms with Gasteiger partial charge in [-0.15, -0.1) is 11.3 Å². The van der Waals surface area contributed by atoms with Crippen LogP contribution in [-0.2, 0) is 16.0 Å². The summed E-state index contributed by atoms with van der Waals surface area (Å²) in [6.45, 7) is 5.16. The Balaban J connectivity index is 1.77. The van der Waals surface area contributed by atoms with E-state index < -0.39 is 17.8 Å². The predicted octanol–water partition coefficient (Wildman–Crippen LogP) is 0.0183. The summed E-state index contributed by atoms with van der Waals surface area (Å²) in [6.07, 6.45) is 0.953. The summed E-state index contributed by atoms with van der Waals surface area (Å²) in [5.74, 6) is -1.40. The van der Waals surface area contributed by atoms with Crippen LogP contribution in [0.15, 0.2) is 11.4 Å². The molecule has 1 unspecified atom stereocenters. The van der Waals surface area contributed by atoms with Crippen LogP contribution in [0.2, 0.25) is 0 Å². The summed E-state index contributed by atoms with van der Waals surface area (Å²) in [5, 5.41) is 2.08. The van der Waals surface area contributed by atoms with Crippen LogP contribution in [0.4, 0.5) is 4.79 Å². The molecule has 0 aliphatic carbocycles. The van der Waals surface area contributed by atoms with Gasteiger partial charge in [0.05, 0.1) is 6.54 Å². The lowest BCUT2D eigenvalue weighted by Crippen LogP contribution is -3.14. The third kappa shape index (κ3) is 2.16. The molecule has 112 valence electrons. The molecular weight excluding hydrogens is 290 g/mol. The summed E-state index contributed by atoms with van der Waals surface area (Å²) in [7, 11) is 0. The van der Waals surface area contributed by atoms with Crippen LogP contribution in [0.25, 0.3) is 0 Å². The third-order valence-corrected chi connectivity index (χ3v) is 5.34. The minimum absolute atomic E-state index is 0.228. The van der Waals surface area contributed by atoms with Crippen molar-refractivity contribution >= 4 is 29.2 Å². The van der Waals surface area contributed by atoms with Gasteiger partial charge in [-0.25, -0.2) is 9.69 Å². The quantitative estimate of drug-likeness (QED) is 0.632. The lowest BCUT2D eigenvalue weighted by atomic mass is 10.0. The summed E-state index contributed by atoms with van der Waals surface area (Å²) < 4.78 is 0. The highest BCUT2D eigenvalue weighted by Crippen LogP contribution is 2.24. The fraction of sp³-hybridized carbons (Fsp3) is 0.500. The van der Waals surface area contributed by atoms with Crippen molar-refractivity contribution in [1.82, 2.24) is 9.80 Å². The average molecular weight is 308 g/mol. The fourth-order valence-electron chi connectivity index (χ4n) is 3.04. The predicted molar refractivity (Wildman–Crippen MR) is 76.8 cm³/mol. The van der Waals surface area contributed by atoms with Gasteiger partial charge in [-0.1, -0.05) is 0 Å². The van der Waals surface area contributed by atoms with Crippen molar-refractivity contribution in [2.75, 3.05) is 19.8 Å². The molecule has 6 nitrogen and oxygen atoms in total. The van der Waals surface area contributed by atoms with Crippen LogP contribution in [-0.4, -0.2) is 47.4 Å². The molecular formula is C14H18N3O3S+. The van der Waals surface area contributed by atoms with E-state index in [1.54, 1.807) is 18.3 Å². The van der Waals surface area contributed by atoms with E-state index >= 15 is 0 Å². The number of nitrogens with zero attached hydrogens (tertiary/aromatic N) is 2. The summed E-state index contributed by atoms with van der Waals surface area (Å²) in [4.78, 5) is 40.5. The zero-order chi connectivity index (χ0) is 15.1. The minimum Gasteiger partial charge on any atom is -0.311 e. The number of carbonyl (C=O) groups excluding carboxylic acids is 3. The molecule has 1 saturated heterocycles. The number of thiophene rings is 1. The number of fused-ring (bicyclic) bond motifs is 1. The first-order valence-corrected chi connectivity index (χ1v) is 8.00. The Labute approximate surface area is 126 Å². The van der Waals surface area contributed by atoms with Gasteiger partial charge in [-0.2, -0.15) is 0 Å². The molecule has 0 saturated carbocycles. The Hall–Kier alpha value is -1.73. The van der Waals surface area contributed by atoms with Gasteiger partial charge in [0, 0.05) is 23.4 Å². The summed E-state index contributed by atoms with van der Waals surface area (Å²) in [5.41, 5.74) is 1.29. The van der Waals surface area contributed by atoms with Crippen molar-refractivity contribution in [2.24, 2.45) is 0 Å². The number of carbonyl (C=O) groups is 3. The number of urea groups is 1. The molecule has 7 heteroatoms.